The molecule has 10 rings (SSSR count). The molecule has 0 spiro atoms. The Morgan fingerprint density at radius 1 is 0.756 bits per heavy atom. The number of nitrogens with one attached hydrogen (secondary N) is 2. The van der Waals surface area contributed by atoms with Gasteiger partial charge in [-0.3, -0.25) is 48.8 Å². The van der Waals surface area contributed by atoms with Gasteiger partial charge in [0.2, 0.25) is 23.7 Å². The van der Waals surface area contributed by atoms with Gasteiger partial charge in [0.25, 0.3) is 17.7 Å². The molecule has 1 unspecified atom stereocenters. The van der Waals surface area contributed by atoms with Crippen LogP contribution in [0.4, 0.5) is 11.9 Å². The number of likely N-dealkylation sites (tertiary alicyclic amines) is 1. The van der Waals surface area contributed by atoms with Crippen LogP contribution < -0.4 is 37.3 Å². The van der Waals surface area contributed by atoms with Crippen molar-refractivity contribution in [3.63, 3.8) is 0 Å². The number of hydrogen-bond acceptors (Lipinski definition) is 18. The number of amides is 5. The van der Waals surface area contributed by atoms with E-state index >= 15 is 0 Å². The molecule has 1 atom stereocenters. The zero-order valence-corrected chi connectivity index (χ0v) is 51.0. The van der Waals surface area contributed by atoms with Crippen molar-refractivity contribution in [1.82, 2.24) is 63.2 Å². The number of carbonyl (C=O) groups is 6. The van der Waals surface area contributed by atoms with E-state index in [1.54, 1.807) is 92.7 Å². The first-order chi connectivity index (χ1) is 43.3. The maximum Gasteiger partial charge on any atom is 0.320 e. The van der Waals surface area contributed by atoms with Crippen LogP contribution in [0.3, 0.4) is 0 Å². The molecular weight excluding hydrogens is 1160 g/mol. The molecule has 9 N–H and O–H groups in total. The van der Waals surface area contributed by atoms with Gasteiger partial charge in [-0.25, -0.2) is 9.97 Å². The number of nitrogens with two attached hydrogens (primary N) is 3. The van der Waals surface area contributed by atoms with Crippen LogP contribution in [0.15, 0.2) is 78.0 Å². The van der Waals surface area contributed by atoms with E-state index in [2.05, 4.69) is 45.7 Å². The minimum atomic E-state index is -1.07. The zero-order valence-electron chi connectivity index (χ0n) is 51.0. The number of carbonyl (C=O) groups excluding carboxylic acids is 5. The van der Waals surface area contributed by atoms with E-state index in [9.17, 15) is 28.8 Å². The Kier molecular flexibility index (Phi) is 19.1. The van der Waals surface area contributed by atoms with Crippen LogP contribution in [0.1, 0.15) is 122 Å². The summed E-state index contributed by atoms with van der Waals surface area (Å²) in [4.78, 5) is 96.7. The number of ether oxygens (including phenoxy) is 2. The Labute approximate surface area is 516 Å². The first-order valence-corrected chi connectivity index (χ1v) is 29.7. The van der Waals surface area contributed by atoms with Gasteiger partial charge in [-0.1, -0.05) is 41.6 Å². The highest BCUT2D eigenvalue weighted by molar-refractivity contribution is 6.05. The third kappa shape index (κ3) is 13.8. The normalized spacial score (nSPS) is 14.3. The maximum absolute atomic E-state index is 14.1. The molecule has 5 aromatic heterocycles. The molecule has 29 nitrogen and oxygen atoms in total. The minimum absolute atomic E-state index is 0.122. The van der Waals surface area contributed by atoms with Gasteiger partial charge in [0, 0.05) is 62.9 Å². The highest BCUT2D eigenvalue weighted by Crippen LogP contribution is 2.34. The largest absolute Gasteiger partial charge is 0.494 e. The molecule has 0 bridgehead atoms. The summed E-state index contributed by atoms with van der Waals surface area (Å²) in [6.07, 6.45) is 6.23. The zero-order chi connectivity index (χ0) is 63.9. The van der Waals surface area contributed by atoms with Gasteiger partial charge in [0.05, 0.1) is 48.4 Å². The molecule has 1 fully saturated rings. The lowest BCUT2D eigenvalue weighted by atomic mass is 9.95. The van der Waals surface area contributed by atoms with Crippen molar-refractivity contribution in [3.05, 3.63) is 129 Å². The van der Waals surface area contributed by atoms with Gasteiger partial charge >= 0.3 is 5.97 Å². The Balaban J connectivity index is 0.805. The topological polar surface area (TPSA) is 373 Å². The number of carboxylic acids is 1. The van der Waals surface area contributed by atoms with Gasteiger partial charge in [-0.15, -0.1) is 10.2 Å². The van der Waals surface area contributed by atoms with Crippen molar-refractivity contribution in [2.24, 2.45) is 22.4 Å². The van der Waals surface area contributed by atoms with E-state index in [1.165, 1.54) is 19.2 Å². The standard InChI is InChI=1S/C61H73N19O10/c1-7-79-46(26-35(3)71-79)57(84)67-60-65-44-29-41(54(63)82)31-48(88-6)52(44)77(60)19-9-10-20-78-53-45(66-61(78)68-58(85)47-27-36(4)72-80(47)8-2)30-42(55(64)83)32-49(53)89-25-11-18-74-21-16-40(17-22-74)56-70-69-50-33-75(23-24-76(50)56)51(81)34-90-73-37(5)39-14-12-38(13-15-39)28-43(62)59(86)87/h9-10,12-15,26-27,29-32,40,43H,7-8,11,16-25,28,33-34,62H2,1-6H3,(H2,63,82)(H2,64,83)(H,86,87)(H,65,67,84)(H,66,68,85)/b10-9+,73-37?. The summed E-state index contributed by atoms with van der Waals surface area (Å²) < 4.78 is 21.1. The third-order valence-corrected chi connectivity index (χ3v) is 16.0. The molecule has 0 radical (unpaired) electrons. The lowest BCUT2D eigenvalue weighted by Gasteiger charge is -2.33. The number of imidazole rings is 2. The van der Waals surface area contributed by atoms with Gasteiger partial charge in [-0.05, 0) is 121 Å². The van der Waals surface area contributed by atoms with Crippen molar-refractivity contribution >= 4 is 75.2 Å². The van der Waals surface area contributed by atoms with Crippen LogP contribution in [0.2, 0.25) is 0 Å². The number of primary amides is 2. The van der Waals surface area contributed by atoms with E-state index in [1.807, 2.05) is 26.0 Å². The number of piperidine rings is 1. The van der Waals surface area contributed by atoms with Crippen molar-refractivity contribution < 1.29 is 48.2 Å². The van der Waals surface area contributed by atoms with Crippen molar-refractivity contribution in [1.29, 1.82) is 0 Å². The quantitative estimate of drug-likeness (QED) is 0.0190. The van der Waals surface area contributed by atoms with Gasteiger partial charge in [0.1, 0.15) is 45.8 Å². The molecular formula is C61H73N19O10. The van der Waals surface area contributed by atoms with E-state index in [4.69, 9.17) is 46.6 Å². The molecule has 5 amide bonds. The Morgan fingerprint density at radius 2 is 1.32 bits per heavy atom. The average Bonchev–Trinajstić information content (AvgIpc) is 1.63. The van der Waals surface area contributed by atoms with Gasteiger partial charge in [0.15, 0.2) is 12.4 Å². The fraction of sp³-hybridized carbons (Fsp3) is 0.393. The van der Waals surface area contributed by atoms with E-state index < -0.39 is 35.6 Å². The number of fused-ring (bicyclic) bond motifs is 3. The maximum atomic E-state index is 14.1. The fourth-order valence-corrected chi connectivity index (χ4v) is 11.3. The van der Waals surface area contributed by atoms with Crippen molar-refractivity contribution in [2.75, 3.05) is 57.1 Å². The third-order valence-electron chi connectivity index (χ3n) is 16.0. The van der Waals surface area contributed by atoms with Crippen LogP contribution in [0, 0.1) is 13.8 Å². The molecule has 3 aromatic carbocycles. The summed E-state index contributed by atoms with van der Waals surface area (Å²) in [6.45, 7) is 13.9. The van der Waals surface area contributed by atoms with E-state index in [0.717, 1.165) is 49.4 Å². The molecule has 0 saturated carbocycles. The first-order valence-electron chi connectivity index (χ1n) is 29.7. The molecule has 472 valence electrons. The number of rotatable bonds is 26. The SMILES string of the molecule is CCn1nc(C)cc1C(=O)Nc1nc2cc(C(N)=O)cc(OC)c2n1C/C=C/Cn1c(NC(=O)c2cc(C)nn2CC)nc2cc(C(N)=O)cc(OCCCN3CCC(c4nnc5n4CCN(C(=O)CON=C(C)c4ccc(CC(N)C(=O)O)cc4)C5)CC3)c21. The van der Waals surface area contributed by atoms with E-state index in [0.29, 0.717) is 107 Å². The number of carboxylic acid groups (broad SMARTS) is 1. The highest BCUT2D eigenvalue weighted by Gasteiger charge is 2.31. The summed E-state index contributed by atoms with van der Waals surface area (Å²) in [6, 6.07) is 15.7. The minimum Gasteiger partial charge on any atom is -0.494 e. The number of hydrogen-bond donors (Lipinski definition) is 6. The van der Waals surface area contributed by atoms with E-state index in [-0.39, 0.29) is 67.6 Å². The summed E-state index contributed by atoms with van der Waals surface area (Å²) in [7, 11) is 1.46. The number of allylic oxidation sites excluding steroid dienone is 2. The fourth-order valence-electron chi connectivity index (χ4n) is 11.3. The summed E-state index contributed by atoms with van der Waals surface area (Å²) in [5.74, 6) is -0.839. The number of oxime groups is 1. The molecule has 0 aliphatic carbocycles. The number of nitrogens with zero attached hydrogens (tertiary/aromatic N) is 14. The second kappa shape index (κ2) is 27.4. The first kappa shape index (κ1) is 62.8. The highest BCUT2D eigenvalue weighted by atomic mass is 16.6. The van der Waals surface area contributed by atoms with Gasteiger partial charge < -0.3 is 60.1 Å². The molecule has 1 saturated heterocycles. The van der Waals surface area contributed by atoms with Crippen molar-refractivity contribution in [2.45, 2.75) is 112 Å². The number of aliphatic carboxylic acids is 1. The number of anilines is 2. The second-order valence-corrected chi connectivity index (χ2v) is 22.1. The lowest BCUT2D eigenvalue weighted by Crippen LogP contribution is -2.41. The van der Waals surface area contributed by atoms with Gasteiger partial charge in [-0.2, -0.15) is 10.2 Å². The summed E-state index contributed by atoms with van der Waals surface area (Å²) in [5.41, 5.74) is 23.3. The molecule has 29 heteroatoms. The predicted octanol–water partition coefficient (Wildman–Crippen LogP) is 4.38. The molecule has 8 aromatic rings. The number of aryl methyl sites for hydroxylation is 4. The smallest absolute Gasteiger partial charge is 0.320 e. The Morgan fingerprint density at radius 3 is 1.87 bits per heavy atom. The van der Waals surface area contributed by atoms with Crippen LogP contribution in [-0.2, 0) is 60.1 Å². The Bertz CT molecular complexity index is 4090. The van der Waals surface area contributed by atoms with Crippen LogP contribution >= 0.6 is 0 Å². The number of benzene rings is 3. The monoisotopic (exact) mass is 1230 g/mol. The molecule has 90 heavy (non-hydrogen) atoms. The average molecular weight is 1230 g/mol. The lowest BCUT2D eigenvalue weighted by molar-refractivity contribution is -0.139. The summed E-state index contributed by atoms with van der Waals surface area (Å²) in [5, 5.41) is 37.2. The number of aromatic nitrogens is 11. The Hall–Kier alpha value is -10.3. The van der Waals surface area contributed by atoms with Crippen LogP contribution in [-0.4, -0.2) is 162 Å². The summed E-state index contributed by atoms with van der Waals surface area (Å²) >= 11 is 0. The van der Waals surface area contributed by atoms with Crippen LogP contribution in [0.25, 0.3) is 22.1 Å². The predicted molar refractivity (Wildman–Crippen MR) is 331 cm³/mol. The van der Waals surface area contributed by atoms with Crippen molar-refractivity contribution in [3.8, 4) is 11.5 Å². The molecule has 2 aliphatic rings. The molecule has 2 aliphatic heterocycles. The van der Waals surface area contributed by atoms with Crippen LogP contribution in [0.5, 0.6) is 11.5 Å². The molecule has 7 heterocycles. The number of methoxy groups -OCH3 is 1. The second-order valence-electron chi connectivity index (χ2n) is 22.1.